The molecular formula is C10H17N3OS. The number of thiazole rings is 1. The van der Waals surface area contributed by atoms with Crippen molar-refractivity contribution in [2.75, 3.05) is 26.8 Å². The highest BCUT2D eigenvalue weighted by atomic mass is 32.1. The van der Waals surface area contributed by atoms with E-state index < -0.39 is 0 Å². The Morgan fingerprint density at radius 2 is 2.53 bits per heavy atom. The molecule has 0 saturated carbocycles. The number of hydrogen-bond acceptors (Lipinski definition) is 5. The molecule has 0 aromatic carbocycles. The van der Waals surface area contributed by atoms with E-state index in [-0.39, 0.29) is 0 Å². The van der Waals surface area contributed by atoms with Gasteiger partial charge in [-0.05, 0) is 7.05 Å². The summed E-state index contributed by atoms with van der Waals surface area (Å²) in [5, 5.41) is 9.86. The topological polar surface area (TPSA) is 46.2 Å². The highest BCUT2D eigenvalue weighted by molar-refractivity contribution is 7.09. The normalized spacial score (nSPS) is 25.9. The van der Waals surface area contributed by atoms with E-state index >= 15 is 0 Å². The summed E-state index contributed by atoms with van der Waals surface area (Å²) >= 11 is 1.69. The summed E-state index contributed by atoms with van der Waals surface area (Å²) in [6.45, 7) is 3.55. The number of rotatable bonds is 5. The molecule has 0 radical (unpaired) electrons. The van der Waals surface area contributed by atoms with Gasteiger partial charge in [0.25, 0.3) is 0 Å². The van der Waals surface area contributed by atoms with Crippen LogP contribution in [0.1, 0.15) is 5.01 Å². The highest BCUT2D eigenvalue weighted by Gasteiger charge is 2.26. The van der Waals surface area contributed by atoms with Gasteiger partial charge in [0.2, 0.25) is 0 Å². The lowest BCUT2D eigenvalue weighted by Gasteiger charge is -2.16. The van der Waals surface area contributed by atoms with Crippen molar-refractivity contribution in [3.05, 3.63) is 16.6 Å². The molecule has 84 valence electrons. The highest BCUT2D eigenvalue weighted by Crippen LogP contribution is 2.12. The average Bonchev–Trinajstić information content (AvgIpc) is 2.88. The summed E-state index contributed by atoms with van der Waals surface area (Å²) in [7, 11) is 1.99. The Kier molecular flexibility index (Phi) is 4.08. The van der Waals surface area contributed by atoms with Crippen molar-refractivity contribution >= 4 is 11.3 Å². The summed E-state index contributed by atoms with van der Waals surface area (Å²) in [6, 6.07) is 0.494. The van der Waals surface area contributed by atoms with Gasteiger partial charge in [-0.2, -0.15) is 0 Å². The Hall–Kier alpha value is -0.490. The van der Waals surface area contributed by atoms with Crippen LogP contribution in [0, 0.1) is 5.92 Å². The molecule has 1 saturated heterocycles. The molecule has 1 aliphatic heterocycles. The molecule has 0 amide bonds. The summed E-state index contributed by atoms with van der Waals surface area (Å²) in [5.74, 6) is 0.579. The van der Waals surface area contributed by atoms with E-state index in [1.807, 2.05) is 18.6 Å². The van der Waals surface area contributed by atoms with Gasteiger partial charge in [-0.3, -0.25) is 0 Å². The van der Waals surface area contributed by atoms with E-state index in [1.165, 1.54) is 0 Å². The quantitative estimate of drug-likeness (QED) is 0.767. The Morgan fingerprint density at radius 1 is 1.60 bits per heavy atom. The maximum Gasteiger partial charge on any atom is 0.106 e. The zero-order chi connectivity index (χ0) is 10.5. The van der Waals surface area contributed by atoms with Crippen molar-refractivity contribution in [1.29, 1.82) is 0 Å². The first-order valence-corrected chi connectivity index (χ1v) is 6.12. The second kappa shape index (κ2) is 5.55. The summed E-state index contributed by atoms with van der Waals surface area (Å²) in [6.07, 6.45) is 1.84. The maximum absolute atomic E-state index is 5.43. The van der Waals surface area contributed by atoms with Gasteiger partial charge in [0, 0.05) is 36.6 Å². The van der Waals surface area contributed by atoms with Gasteiger partial charge in [0.1, 0.15) is 5.01 Å². The lowest BCUT2D eigenvalue weighted by atomic mass is 10.0. The molecule has 1 fully saturated rings. The first-order valence-electron chi connectivity index (χ1n) is 5.24. The van der Waals surface area contributed by atoms with Crippen molar-refractivity contribution in [2.45, 2.75) is 12.6 Å². The third-order valence-electron chi connectivity index (χ3n) is 2.74. The largest absolute Gasteiger partial charge is 0.379 e. The van der Waals surface area contributed by atoms with Crippen molar-refractivity contribution in [3.8, 4) is 0 Å². The molecule has 2 atom stereocenters. The van der Waals surface area contributed by atoms with Crippen LogP contribution in [0.2, 0.25) is 0 Å². The number of aromatic nitrogens is 1. The summed E-state index contributed by atoms with van der Waals surface area (Å²) in [5.41, 5.74) is 0. The van der Waals surface area contributed by atoms with Crippen molar-refractivity contribution < 1.29 is 4.74 Å². The number of nitrogens with one attached hydrogen (secondary N) is 2. The van der Waals surface area contributed by atoms with Crippen LogP contribution in [0.5, 0.6) is 0 Å². The van der Waals surface area contributed by atoms with Gasteiger partial charge in [-0.15, -0.1) is 11.3 Å². The van der Waals surface area contributed by atoms with Crippen molar-refractivity contribution in [3.63, 3.8) is 0 Å². The zero-order valence-corrected chi connectivity index (χ0v) is 9.72. The molecule has 2 heterocycles. The predicted octanol–water partition coefficient (Wildman–Crippen LogP) is 0.467. The molecule has 1 aliphatic rings. The minimum Gasteiger partial charge on any atom is -0.379 e. The first-order chi connectivity index (χ1) is 7.40. The van der Waals surface area contributed by atoms with Gasteiger partial charge in [-0.1, -0.05) is 0 Å². The summed E-state index contributed by atoms with van der Waals surface area (Å²) in [4.78, 5) is 4.23. The van der Waals surface area contributed by atoms with E-state index in [1.54, 1.807) is 11.3 Å². The number of nitrogens with zero attached hydrogens (tertiary/aromatic N) is 1. The Bertz CT molecular complexity index is 278. The van der Waals surface area contributed by atoms with Crippen molar-refractivity contribution in [2.24, 2.45) is 5.92 Å². The smallest absolute Gasteiger partial charge is 0.106 e. The molecule has 2 N–H and O–H groups in total. The fourth-order valence-corrected chi connectivity index (χ4v) is 2.41. The van der Waals surface area contributed by atoms with Gasteiger partial charge in [-0.25, -0.2) is 4.98 Å². The molecule has 1 aromatic heterocycles. The fraction of sp³-hybridized carbons (Fsp3) is 0.700. The van der Waals surface area contributed by atoms with Crippen LogP contribution in [0.25, 0.3) is 0 Å². The fourth-order valence-electron chi connectivity index (χ4n) is 1.82. The Labute approximate surface area is 94.1 Å². The van der Waals surface area contributed by atoms with Gasteiger partial charge < -0.3 is 15.4 Å². The van der Waals surface area contributed by atoms with E-state index in [2.05, 4.69) is 15.6 Å². The van der Waals surface area contributed by atoms with Crippen LogP contribution in [0.3, 0.4) is 0 Å². The lowest BCUT2D eigenvalue weighted by Crippen LogP contribution is -2.38. The Balaban J connectivity index is 1.69. The average molecular weight is 227 g/mol. The second-order valence-corrected chi connectivity index (χ2v) is 4.73. The van der Waals surface area contributed by atoms with Crippen LogP contribution in [0.15, 0.2) is 11.6 Å². The SMILES string of the molecule is CNC1COCC1CNCc1nccs1. The van der Waals surface area contributed by atoms with E-state index in [4.69, 9.17) is 4.74 Å². The molecule has 5 heteroatoms. The zero-order valence-electron chi connectivity index (χ0n) is 8.90. The standard InChI is InChI=1S/C10H17N3OS/c1-11-9-7-14-6-8(9)4-12-5-10-13-2-3-15-10/h2-3,8-9,11-12H,4-7H2,1H3. The first kappa shape index (κ1) is 11.0. The molecule has 1 aromatic rings. The van der Waals surface area contributed by atoms with E-state index in [0.29, 0.717) is 12.0 Å². The van der Waals surface area contributed by atoms with E-state index in [9.17, 15) is 0 Å². The Morgan fingerprint density at radius 3 is 3.27 bits per heavy atom. The number of ether oxygens (including phenoxy) is 1. The molecule has 2 unspecified atom stereocenters. The lowest BCUT2D eigenvalue weighted by molar-refractivity contribution is 0.182. The van der Waals surface area contributed by atoms with Gasteiger partial charge in [0.15, 0.2) is 0 Å². The third-order valence-corrected chi connectivity index (χ3v) is 3.52. The van der Waals surface area contributed by atoms with Crippen LogP contribution in [-0.4, -0.2) is 37.8 Å². The third kappa shape index (κ3) is 2.98. The van der Waals surface area contributed by atoms with E-state index in [0.717, 1.165) is 31.3 Å². The van der Waals surface area contributed by atoms with Gasteiger partial charge in [0.05, 0.1) is 13.2 Å². The molecular weight excluding hydrogens is 210 g/mol. The van der Waals surface area contributed by atoms with Crippen LogP contribution in [-0.2, 0) is 11.3 Å². The molecule has 0 spiro atoms. The molecule has 2 rings (SSSR count). The van der Waals surface area contributed by atoms with Crippen LogP contribution < -0.4 is 10.6 Å². The van der Waals surface area contributed by atoms with Crippen molar-refractivity contribution in [1.82, 2.24) is 15.6 Å². The van der Waals surface area contributed by atoms with Gasteiger partial charge >= 0.3 is 0 Å². The minimum atomic E-state index is 0.494. The summed E-state index contributed by atoms with van der Waals surface area (Å²) < 4.78 is 5.43. The molecule has 0 aliphatic carbocycles. The monoisotopic (exact) mass is 227 g/mol. The number of likely N-dealkylation sites (N-methyl/N-ethyl adjacent to an activating group) is 1. The van der Waals surface area contributed by atoms with Crippen LogP contribution >= 0.6 is 11.3 Å². The maximum atomic E-state index is 5.43. The number of hydrogen-bond donors (Lipinski definition) is 2. The van der Waals surface area contributed by atoms with Crippen LogP contribution in [0.4, 0.5) is 0 Å². The predicted molar refractivity (Wildman–Crippen MR) is 61.0 cm³/mol. The molecule has 0 bridgehead atoms. The second-order valence-electron chi connectivity index (χ2n) is 3.75. The molecule has 15 heavy (non-hydrogen) atoms. The molecule has 4 nitrogen and oxygen atoms in total. The minimum absolute atomic E-state index is 0.494.